The highest BCUT2D eigenvalue weighted by molar-refractivity contribution is 6.03. The van der Waals surface area contributed by atoms with Gasteiger partial charge in [0.1, 0.15) is 29.9 Å². The van der Waals surface area contributed by atoms with Gasteiger partial charge in [-0.2, -0.15) is 0 Å². The van der Waals surface area contributed by atoms with Crippen LogP contribution in [0.3, 0.4) is 0 Å². The molecular weight excluding hydrogens is 716 g/mol. The fourth-order valence-electron chi connectivity index (χ4n) is 8.68. The summed E-state index contributed by atoms with van der Waals surface area (Å²) >= 11 is 0. The number of hydrogen-bond acceptors (Lipinski definition) is 11. The number of unbranched alkanes of at least 4 members (excludes halogenated alkanes) is 2. The maximum atomic E-state index is 14.0. The van der Waals surface area contributed by atoms with Crippen LogP contribution in [0.2, 0.25) is 0 Å². The molecule has 0 saturated heterocycles. The molecule has 12 heteroatoms. The Morgan fingerprint density at radius 3 is 2.41 bits per heavy atom. The molecule has 1 heterocycles. The number of amides is 1. The van der Waals surface area contributed by atoms with Gasteiger partial charge in [-0.3, -0.25) is 4.90 Å². The summed E-state index contributed by atoms with van der Waals surface area (Å²) in [5.74, 6) is 0.104. The summed E-state index contributed by atoms with van der Waals surface area (Å²) in [6, 6.07) is 11.2. The standard InChI is InChI=1S/C44H62N2O10/c1-6-23-53-44-40(46(43(50)52-7-2)19-24-51-25-22-49)29-38(45-54-8-3)36-27-32(13-9-11-20-47)35(14-10-12-21-48)41(42(36)44)37-28-34(17-18-39(37)56-44)55-33-16-15-30(4)31(5)26-33/h6,15-18,26-28,32,35,40-42,47-49H,1,7-14,19-25,29H2,2-5H3. The van der Waals surface area contributed by atoms with Crippen molar-refractivity contribution >= 4 is 11.8 Å². The summed E-state index contributed by atoms with van der Waals surface area (Å²) in [5, 5.41) is 33.9. The molecule has 3 N–H and O–H groups in total. The van der Waals surface area contributed by atoms with Crippen molar-refractivity contribution in [3.63, 3.8) is 0 Å². The van der Waals surface area contributed by atoms with Gasteiger partial charge in [-0.25, -0.2) is 4.79 Å². The molecule has 12 nitrogen and oxygen atoms in total. The second kappa shape index (κ2) is 21.0. The van der Waals surface area contributed by atoms with Crippen LogP contribution in [0, 0.1) is 31.6 Å². The first kappa shape index (κ1) is 43.2. The maximum Gasteiger partial charge on any atom is 0.410 e. The summed E-state index contributed by atoms with van der Waals surface area (Å²) in [4.78, 5) is 21.5. The molecule has 5 rings (SSSR count). The topological polar surface area (TPSA) is 149 Å². The van der Waals surface area contributed by atoms with E-state index in [1.807, 2.05) is 31.2 Å². The van der Waals surface area contributed by atoms with Crippen LogP contribution in [0.1, 0.15) is 81.4 Å². The second-order valence-corrected chi connectivity index (χ2v) is 14.8. The Kier molecular flexibility index (Phi) is 16.2. The van der Waals surface area contributed by atoms with Crippen LogP contribution in [0.15, 0.2) is 65.9 Å². The number of rotatable bonds is 22. The summed E-state index contributed by atoms with van der Waals surface area (Å²) in [6.45, 7) is 12.9. The Balaban J connectivity index is 1.76. The predicted octanol–water partition coefficient (Wildman–Crippen LogP) is 7.22. The van der Waals surface area contributed by atoms with E-state index in [0.717, 1.165) is 48.1 Å². The molecule has 0 radical (unpaired) electrons. The van der Waals surface area contributed by atoms with Gasteiger partial charge < -0.3 is 43.8 Å². The lowest BCUT2D eigenvalue weighted by Gasteiger charge is -2.59. The van der Waals surface area contributed by atoms with Crippen molar-refractivity contribution < 1.29 is 48.6 Å². The Morgan fingerprint density at radius 2 is 1.71 bits per heavy atom. The fraction of sp³-hybridized carbons (Fsp3) is 0.591. The number of benzene rings is 2. The molecule has 0 bridgehead atoms. The number of fused-ring (bicyclic) bond motifs is 2. The zero-order chi connectivity index (χ0) is 40.1. The average molecular weight is 779 g/mol. The molecular formula is C44H62N2O10. The minimum Gasteiger partial charge on any atom is -0.459 e. The van der Waals surface area contributed by atoms with Gasteiger partial charge in [0.15, 0.2) is 0 Å². The number of ether oxygens (including phenoxy) is 5. The number of aliphatic hydroxyl groups is 3. The summed E-state index contributed by atoms with van der Waals surface area (Å²) in [7, 11) is 0. The molecule has 1 saturated carbocycles. The van der Waals surface area contributed by atoms with Crippen molar-refractivity contribution in [1.29, 1.82) is 0 Å². The number of nitrogens with zero attached hydrogens (tertiary/aromatic N) is 2. The normalized spacial score (nSPS) is 24.4. The van der Waals surface area contributed by atoms with Gasteiger partial charge in [0.05, 0.1) is 44.7 Å². The summed E-state index contributed by atoms with van der Waals surface area (Å²) in [6.07, 6.45) is 8.34. The summed E-state index contributed by atoms with van der Waals surface area (Å²) in [5.41, 5.74) is 4.92. The van der Waals surface area contributed by atoms with Gasteiger partial charge in [0.2, 0.25) is 5.79 Å². The minimum atomic E-state index is -1.42. The van der Waals surface area contributed by atoms with Crippen molar-refractivity contribution in [3.8, 4) is 17.2 Å². The SMILES string of the molecule is C=CCOC12Oc3ccc(Oc4ccc(C)c(C)c4)cc3C3C(CCCCO)C(CCCCO)C=C(C(=NOCC)CC1N(CCOCCO)C(=O)OCC)C32. The van der Waals surface area contributed by atoms with E-state index >= 15 is 0 Å². The Labute approximate surface area is 332 Å². The van der Waals surface area contributed by atoms with E-state index < -0.39 is 23.8 Å². The maximum absolute atomic E-state index is 14.0. The van der Waals surface area contributed by atoms with Crippen molar-refractivity contribution in [1.82, 2.24) is 4.90 Å². The van der Waals surface area contributed by atoms with Crippen LogP contribution < -0.4 is 9.47 Å². The number of aliphatic hydroxyl groups excluding tert-OH is 3. The van der Waals surface area contributed by atoms with Crippen LogP contribution >= 0.6 is 0 Å². The number of oxime groups is 1. The van der Waals surface area contributed by atoms with E-state index in [1.165, 1.54) is 5.56 Å². The van der Waals surface area contributed by atoms with Crippen molar-refractivity contribution in [3.05, 3.63) is 77.4 Å². The molecule has 0 spiro atoms. The van der Waals surface area contributed by atoms with Crippen molar-refractivity contribution in [2.75, 3.05) is 59.4 Å². The van der Waals surface area contributed by atoms with Crippen molar-refractivity contribution in [2.24, 2.45) is 22.9 Å². The Morgan fingerprint density at radius 1 is 0.964 bits per heavy atom. The van der Waals surface area contributed by atoms with Gasteiger partial charge in [-0.1, -0.05) is 36.2 Å². The lowest BCUT2D eigenvalue weighted by atomic mass is 9.55. The Hall–Kier alpha value is -3.94. The number of carbonyl (C=O) groups excluding carboxylic acids is 1. The predicted molar refractivity (Wildman–Crippen MR) is 214 cm³/mol. The van der Waals surface area contributed by atoms with Gasteiger partial charge >= 0.3 is 6.09 Å². The molecule has 0 aromatic heterocycles. The quantitative estimate of drug-likeness (QED) is 0.0636. The van der Waals surface area contributed by atoms with Gasteiger partial charge in [0.25, 0.3) is 0 Å². The third-order valence-corrected chi connectivity index (χ3v) is 11.3. The second-order valence-electron chi connectivity index (χ2n) is 14.8. The average Bonchev–Trinajstić information content (AvgIpc) is 3.19. The van der Waals surface area contributed by atoms with Gasteiger partial charge in [-0.05, 0) is 112 Å². The van der Waals surface area contributed by atoms with Crippen LogP contribution in [-0.2, 0) is 19.0 Å². The molecule has 6 unspecified atom stereocenters. The summed E-state index contributed by atoms with van der Waals surface area (Å²) < 4.78 is 32.1. The first-order valence-corrected chi connectivity index (χ1v) is 20.3. The van der Waals surface area contributed by atoms with E-state index in [2.05, 4.69) is 38.6 Å². The molecule has 3 aliphatic rings. The molecule has 2 aliphatic carbocycles. The van der Waals surface area contributed by atoms with E-state index in [1.54, 1.807) is 17.9 Å². The first-order valence-electron chi connectivity index (χ1n) is 20.3. The monoisotopic (exact) mass is 778 g/mol. The lowest BCUT2D eigenvalue weighted by Crippen LogP contribution is -2.70. The highest BCUT2D eigenvalue weighted by Gasteiger charge is 2.65. The first-order chi connectivity index (χ1) is 27.3. The molecule has 308 valence electrons. The molecule has 56 heavy (non-hydrogen) atoms. The van der Waals surface area contributed by atoms with Crippen molar-refractivity contribution in [2.45, 2.75) is 90.4 Å². The lowest BCUT2D eigenvalue weighted by molar-refractivity contribution is -0.256. The molecule has 1 aliphatic heterocycles. The molecule has 1 amide bonds. The van der Waals surface area contributed by atoms with E-state index in [0.29, 0.717) is 36.7 Å². The largest absolute Gasteiger partial charge is 0.459 e. The number of carbonyl (C=O) groups is 1. The highest BCUT2D eigenvalue weighted by atomic mass is 16.7. The third kappa shape index (κ3) is 9.77. The number of allylic oxidation sites excluding steroid dienone is 1. The van der Waals surface area contributed by atoms with E-state index in [9.17, 15) is 20.1 Å². The van der Waals surface area contributed by atoms with Crippen LogP contribution in [-0.4, -0.2) is 103 Å². The van der Waals surface area contributed by atoms with E-state index in [4.69, 9.17) is 33.7 Å². The Bertz CT molecular complexity index is 1660. The molecule has 1 fully saturated rings. The van der Waals surface area contributed by atoms with Gasteiger partial charge in [0, 0.05) is 37.7 Å². The molecule has 2 aromatic rings. The number of hydrogen-bond donors (Lipinski definition) is 3. The third-order valence-electron chi connectivity index (χ3n) is 11.3. The zero-order valence-electron chi connectivity index (χ0n) is 33.6. The molecule has 6 atom stereocenters. The van der Waals surface area contributed by atoms with Crippen LogP contribution in [0.25, 0.3) is 0 Å². The van der Waals surface area contributed by atoms with Crippen LogP contribution in [0.4, 0.5) is 4.79 Å². The smallest absolute Gasteiger partial charge is 0.410 e. The number of aryl methyl sites for hydroxylation is 2. The fourth-order valence-corrected chi connectivity index (χ4v) is 8.68. The molecule has 2 aromatic carbocycles. The van der Waals surface area contributed by atoms with Gasteiger partial charge in [-0.15, -0.1) is 6.58 Å². The minimum absolute atomic E-state index is 0.0660. The highest BCUT2D eigenvalue weighted by Crippen LogP contribution is 2.62. The zero-order valence-corrected chi connectivity index (χ0v) is 33.6. The van der Waals surface area contributed by atoms with E-state index in [-0.39, 0.29) is 77.0 Å². The van der Waals surface area contributed by atoms with Crippen LogP contribution in [0.5, 0.6) is 17.2 Å².